The van der Waals surface area contributed by atoms with Crippen molar-refractivity contribution in [1.29, 1.82) is 0 Å². The van der Waals surface area contributed by atoms with Gasteiger partial charge in [-0.15, -0.1) is 0 Å². The minimum absolute atomic E-state index is 0.0993. The highest BCUT2D eigenvalue weighted by molar-refractivity contribution is 14.1. The highest BCUT2D eigenvalue weighted by Gasteiger charge is 2.14. The number of rotatable bonds is 4. The van der Waals surface area contributed by atoms with Crippen LogP contribution >= 0.6 is 22.6 Å². The molecule has 0 saturated carbocycles. The lowest BCUT2D eigenvalue weighted by Crippen LogP contribution is -2.07. The van der Waals surface area contributed by atoms with E-state index in [4.69, 9.17) is 14.9 Å². The maximum Gasteiger partial charge on any atom is 0.182 e. The van der Waals surface area contributed by atoms with Crippen LogP contribution in [0.2, 0.25) is 0 Å². The molecule has 0 bridgehead atoms. The van der Waals surface area contributed by atoms with Crippen LogP contribution in [0, 0.1) is 3.57 Å². The highest BCUT2D eigenvalue weighted by atomic mass is 127. The van der Waals surface area contributed by atoms with Crippen LogP contribution in [0.4, 0.5) is 0 Å². The molecular formula is C15H13IN2O3. The predicted molar refractivity (Wildman–Crippen MR) is 88.8 cm³/mol. The Morgan fingerprint density at radius 1 is 1.29 bits per heavy atom. The fraction of sp³-hybridized carbons (Fsp3) is 0.200. The molecule has 1 aliphatic heterocycles. The molecule has 1 aromatic carbocycles. The van der Waals surface area contributed by atoms with E-state index in [-0.39, 0.29) is 5.43 Å². The van der Waals surface area contributed by atoms with Gasteiger partial charge >= 0.3 is 0 Å². The Morgan fingerprint density at radius 3 is 2.95 bits per heavy atom. The third-order valence-electron chi connectivity index (χ3n) is 3.03. The first-order chi connectivity index (χ1) is 10.2. The summed E-state index contributed by atoms with van der Waals surface area (Å²) < 4.78 is 12.4. The molecule has 0 atom stereocenters. The summed E-state index contributed by atoms with van der Waals surface area (Å²) in [4.78, 5) is 15.9. The van der Waals surface area contributed by atoms with Crippen molar-refractivity contribution in [2.75, 3.05) is 13.2 Å². The van der Waals surface area contributed by atoms with E-state index in [1.165, 1.54) is 12.1 Å². The molecule has 0 fully saturated rings. The van der Waals surface area contributed by atoms with Crippen molar-refractivity contribution in [3.05, 3.63) is 44.1 Å². The van der Waals surface area contributed by atoms with Crippen LogP contribution in [0.15, 0.2) is 39.5 Å². The summed E-state index contributed by atoms with van der Waals surface area (Å²) in [6.45, 7) is 1.15. The molecule has 3 rings (SSSR count). The van der Waals surface area contributed by atoms with Gasteiger partial charge in [-0.1, -0.05) is 0 Å². The summed E-state index contributed by atoms with van der Waals surface area (Å²) in [5, 5.41) is 0. The molecule has 0 unspecified atom stereocenters. The SMILES string of the molecule is NCCCOc1ccc2nc3ccc(=O)cc-3oc2c1I. The van der Waals surface area contributed by atoms with Crippen molar-refractivity contribution in [2.24, 2.45) is 5.73 Å². The van der Waals surface area contributed by atoms with E-state index < -0.39 is 0 Å². The van der Waals surface area contributed by atoms with Crippen molar-refractivity contribution < 1.29 is 9.15 Å². The molecule has 2 aliphatic rings. The lowest BCUT2D eigenvalue weighted by molar-refractivity contribution is 0.311. The van der Waals surface area contributed by atoms with E-state index >= 15 is 0 Å². The zero-order valence-corrected chi connectivity index (χ0v) is 13.3. The van der Waals surface area contributed by atoms with E-state index in [1.54, 1.807) is 6.07 Å². The topological polar surface area (TPSA) is 78.4 Å². The molecule has 108 valence electrons. The van der Waals surface area contributed by atoms with Crippen LogP contribution in [0.25, 0.3) is 22.6 Å². The van der Waals surface area contributed by atoms with Crippen LogP contribution in [0.5, 0.6) is 5.75 Å². The number of benzene rings is 2. The number of halogens is 1. The third-order valence-corrected chi connectivity index (χ3v) is 4.05. The molecule has 0 amide bonds. The summed E-state index contributed by atoms with van der Waals surface area (Å²) in [6, 6.07) is 8.31. The van der Waals surface area contributed by atoms with Crippen LogP contribution in [-0.2, 0) is 0 Å². The molecule has 0 radical (unpaired) electrons. The first kappa shape index (κ1) is 14.3. The number of hydrogen-bond donors (Lipinski definition) is 1. The van der Waals surface area contributed by atoms with Crippen molar-refractivity contribution in [1.82, 2.24) is 4.98 Å². The second-order valence-corrected chi connectivity index (χ2v) is 5.64. The Hall–Kier alpha value is -1.67. The zero-order chi connectivity index (χ0) is 14.8. The van der Waals surface area contributed by atoms with Gasteiger partial charge < -0.3 is 14.9 Å². The second kappa shape index (κ2) is 5.98. The molecule has 5 nitrogen and oxygen atoms in total. The fourth-order valence-corrected chi connectivity index (χ4v) is 2.72. The van der Waals surface area contributed by atoms with Crippen molar-refractivity contribution >= 4 is 33.7 Å². The molecule has 2 N–H and O–H groups in total. The highest BCUT2D eigenvalue weighted by Crippen LogP contribution is 2.32. The van der Waals surface area contributed by atoms with Crippen LogP contribution in [0.3, 0.4) is 0 Å². The van der Waals surface area contributed by atoms with Gasteiger partial charge in [0, 0.05) is 6.07 Å². The smallest absolute Gasteiger partial charge is 0.182 e. The molecule has 6 heteroatoms. The Labute approximate surface area is 134 Å². The van der Waals surface area contributed by atoms with Crippen LogP contribution in [-0.4, -0.2) is 18.1 Å². The van der Waals surface area contributed by atoms with Crippen LogP contribution < -0.4 is 15.9 Å². The summed E-state index contributed by atoms with van der Waals surface area (Å²) in [6.07, 6.45) is 0.792. The monoisotopic (exact) mass is 396 g/mol. The second-order valence-electron chi connectivity index (χ2n) is 4.56. The number of fused-ring (bicyclic) bond motifs is 2. The van der Waals surface area contributed by atoms with Gasteiger partial charge in [0.1, 0.15) is 17.0 Å². The average molecular weight is 396 g/mol. The van der Waals surface area contributed by atoms with Gasteiger partial charge in [-0.05, 0) is 59.8 Å². The maximum absolute atomic E-state index is 11.4. The van der Waals surface area contributed by atoms with Gasteiger partial charge in [-0.3, -0.25) is 4.79 Å². The third kappa shape index (κ3) is 2.86. The first-order valence-corrected chi connectivity index (χ1v) is 7.63. The van der Waals surface area contributed by atoms with E-state index in [0.29, 0.717) is 30.2 Å². The van der Waals surface area contributed by atoms with Gasteiger partial charge in [-0.25, -0.2) is 4.98 Å². The summed E-state index contributed by atoms with van der Waals surface area (Å²) in [5.74, 6) is 1.21. The van der Waals surface area contributed by atoms with Crippen molar-refractivity contribution in [2.45, 2.75) is 6.42 Å². The molecule has 0 spiro atoms. The number of ether oxygens (including phenoxy) is 1. The van der Waals surface area contributed by atoms with E-state index in [9.17, 15) is 4.79 Å². The summed E-state index contributed by atoms with van der Waals surface area (Å²) in [5.41, 5.74) is 7.38. The largest absolute Gasteiger partial charge is 0.492 e. The van der Waals surface area contributed by atoms with Gasteiger partial charge in [-0.2, -0.15) is 0 Å². The maximum atomic E-state index is 11.4. The Kier molecular flexibility index (Phi) is 4.07. The zero-order valence-electron chi connectivity index (χ0n) is 11.1. The molecule has 21 heavy (non-hydrogen) atoms. The van der Waals surface area contributed by atoms with Gasteiger partial charge in [0.2, 0.25) is 0 Å². The molecule has 1 heterocycles. The number of hydrogen-bond acceptors (Lipinski definition) is 5. The van der Waals surface area contributed by atoms with Gasteiger partial charge in [0.25, 0.3) is 0 Å². The molecular weight excluding hydrogens is 383 g/mol. The molecule has 0 saturated heterocycles. The number of nitrogens with two attached hydrogens (primary N) is 1. The predicted octanol–water partition coefficient (Wildman–Crippen LogP) is 2.63. The molecule has 1 aromatic rings. The Morgan fingerprint density at radius 2 is 2.14 bits per heavy atom. The normalized spacial score (nSPS) is 11.1. The number of nitrogens with zero attached hydrogens (tertiary/aromatic N) is 1. The lowest BCUT2D eigenvalue weighted by atomic mass is 10.2. The van der Waals surface area contributed by atoms with E-state index in [2.05, 4.69) is 27.6 Å². The Bertz CT molecular complexity index is 816. The number of aromatic nitrogens is 1. The fourth-order valence-electron chi connectivity index (χ4n) is 2.00. The minimum Gasteiger partial charge on any atom is -0.492 e. The quantitative estimate of drug-likeness (QED) is 0.417. The van der Waals surface area contributed by atoms with E-state index in [0.717, 1.165) is 21.3 Å². The van der Waals surface area contributed by atoms with E-state index in [1.807, 2.05) is 12.1 Å². The molecule has 0 aromatic heterocycles. The summed E-state index contributed by atoms with van der Waals surface area (Å²) in [7, 11) is 0. The Balaban J connectivity index is 2.11. The average Bonchev–Trinajstić information content (AvgIpc) is 2.48. The first-order valence-electron chi connectivity index (χ1n) is 6.55. The molecule has 1 aliphatic carbocycles. The van der Waals surface area contributed by atoms with Crippen molar-refractivity contribution in [3.63, 3.8) is 0 Å². The van der Waals surface area contributed by atoms with Crippen molar-refractivity contribution in [3.8, 4) is 17.2 Å². The van der Waals surface area contributed by atoms with Crippen LogP contribution in [0.1, 0.15) is 6.42 Å². The standard InChI is InChI=1S/C15H13IN2O3/c16-14-12(20-7-1-6-17)5-4-11-15(14)21-13-8-9(19)2-3-10(13)18-11/h2-5,8H,1,6-7,17H2. The van der Waals surface area contributed by atoms with Gasteiger partial charge in [0.05, 0.1) is 10.2 Å². The van der Waals surface area contributed by atoms with Gasteiger partial charge in [0.15, 0.2) is 16.8 Å². The lowest BCUT2D eigenvalue weighted by Gasteiger charge is -2.11. The minimum atomic E-state index is -0.0993. The summed E-state index contributed by atoms with van der Waals surface area (Å²) >= 11 is 2.16.